The third kappa shape index (κ3) is 13.8. The summed E-state index contributed by atoms with van der Waals surface area (Å²) in [6, 6.07) is 50.2. The zero-order valence-electron chi connectivity index (χ0n) is 41.9. The van der Waals surface area contributed by atoms with Crippen LogP contribution in [0, 0.1) is 0 Å². The van der Waals surface area contributed by atoms with Crippen LogP contribution in [0.25, 0.3) is 54.2 Å². The lowest BCUT2D eigenvalue weighted by atomic mass is 9.92. The van der Waals surface area contributed by atoms with Gasteiger partial charge < -0.3 is 41.0 Å². The standard InChI is InChI=1S/C62H66N4O8/c63-37-11-9-29-53(61(69)73-41-47-23-13-21-43-17-1-5-25-49(43)47)65-57(67)31-15-39-71-55-35-33-45-19-3-7-27-51(45)59(55)60-52-28-8-4-20-46(52)34-36-56(60)72-40-16-32-58(68)66-54(30-10-12-38-64)62(70)74-42-48-24-14-22-44-18-2-6-26-50(44)48/h1-8,13-14,17-28,33-36,53-54H,9-12,15-16,29-32,37-42,63-64H2,(H,65,67)(H,66,68)/t53-,54-/m1/s1. The lowest BCUT2D eigenvalue weighted by molar-refractivity contribution is -0.149. The molecule has 0 unspecified atom stereocenters. The van der Waals surface area contributed by atoms with Gasteiger partial charge in [0.2, 0.25) is 11.8 Å². The molecular formula is C62H66N4O8. The highest BCUT2D eigenvalue weighted by Gasteiger charge is 2.25. The van der Waals surface area contributed by atoms with Crippen LogP contribution in [0.5, 0.6) is 11.5 Å². The first kappa shape index (κ1) is 52.5. The Bertz CT molecular complexity index is 2970. The van der Waals surface area contributed by atoms with Gasteiger partial charge in [0.25, 0.3) is 0 Å². The van der Waals surface area contributed by atoms with Gasteiger partial charge in [-0.25, -0.2) is 9.59 Å². The van der Waals surface area contributed by atoms with Crippen LogP contribution in [-0.4, -0.2) is 62.1 Å². The Morgan fingerprint density at radius 3 is 1.18 bits per heavy atom. The number of carbonyl (C=O) groups is 4. The van der Waals surface area contributed by atoms with Crippen LogP contribution in [0.2, 0.25) is 0 Å². The maximum absolute atomic E-state index is 13.5. The number of rotatable bonds is 27. The molecule has 12 nitrogen and oxygen atoms in total. The van der Waals surface area contributed by atoms with Crippen molar-refractivity contribution in [1.82, 2.24) is 10.6 Å². The highest BCUT2D eigenvalue weighted by molar-refractivity contribution is 6.09. The second-order valence-electron chi connectivity index (χ2n) is 18.5. The van der Waals surface area contributed by atoms with Gasteiger partial charge in [0.05, 0.1) is 13.2 Å². The van der Waals surface area contributed by atoms with Crippen molar-refractivity contribution in [2.75, 3.05) is 26.3 Å². The van der Waals surface area contributed by atoms with Crippen LogP contribution >= 0.6 is 0 Å². The molecule has 0 aromatic heterocycles. The Morgan fingerprint density at radius 1 is 0.405 bits per heavy atom. The molecule has 8 rings (SSSR count). The van der Waals surface area contributed by atoms with E-state index in [1.54, 1.807) is 0 Å². The van der Waals surface area contributed by atoms with Crippen LogP contribution in [0.3, 0.4) is 0 Å². The minimum Gasteiger partial charge on any atom is -0.493 e. The van der Waals surface area contributed by atoms with Crippen molar-refractivity contribution in [3.8, 4) is 22.6 Å². The molecule has 0 radical (unpaired) electrons. The molecule has 8 aromatic rings. The number of nitrogens with one attached hydrogen (secondary N) is 2. The van der Waals surface area contributed by atoms with Crippen LogP contribution in [-0.2, 0) is 41.9 Å². The molecule has 0 aliphatic rings. The van der Waals surface area contributed by atoms with Crippen molar-refractivity contribution >= 4 is 66.8 Å². The first-order valence-corrected chi connectivity index (χ1v) is 25.9. The Balaban J connectivity index is 0.910. The predicted molar refractivity (Wildman–Crippen MR) is 294 cm³/mol. The van der Waals surface area contributed by atoms with E-state index in [2.05, 4.69) is 34.9 Å². The van der Waals surface area contributed by atoms with E-state index in [9.17, 15) is 19.2 Å². The fourth-order valence-corrected chi connectivity index (χ4v) is 9.44. The quantitative estimate of drug-likeness (QED) is 0.0286. The number of nitrogens with two attached hydrogens (primary N) is 2. The Kier molecular flexibility index (Phi) is 19.0. The Hall–Kier alpha value is -7.80. The molecule has 0 saturated carbocycles. The second kappa shape index (κ2) is 26.8. The summed E-state index contributed by atoms with van der Waals surface area (Å²) in [5, 5.41) is 13.9. The number of hydrogen-bond acceptors (Lipinski definition) is 10. The zero-order chi connectivity index (χ0) is 51.5. The second-order valence-corrected chi connectivity index (χ2v) is 18.5. The number of benzene rings is 8. The van der Waals surface area contributed by atoms with E-state index < -0.39 is 24.0 Å². The minimum absolute atomic E-state index is 0.0938. The maximum Gasteiger partial charge on any atom is 0.328 e. The molecule has 74 heavy (non-hydrogen) atoms. The summed E-state index contributed by atoms with van der Waals surface area (Å²) in [6.45, 7) is 1.60. The van der Waals surface area contributed by atoms with E-state index >= 15 is 0 Å². The third-order valence-corrected chi connectivity index (χ3v) is 13.3. The summed E-state index contributed by atoms with van der Waals surface area (Å²) in [5.41, 5.74) is 15.0. The van der Waals surface area contributed by atoms with Gasteiger partial charge in [0.15, 0.2) is 0 Å². The highest BCUT2D eigenvalue weighted by Crippen LogP contribution is 2.45. The topological polar surface area (TPSA) is 181 Å². The molecule has 2 amide bonds. The van der Waals surface area contributed by atoms with E-state index in [4.69, 9.17) is 30.4 Å². The van der Waals surface area contributed by atoms with Crippen LogP contribution in [0.1, 0.15) is 75.3 Å². The number of carbonyl (C=O) groups excluding carboxylic acids is 4. The minimum atomic E-state index is -0.810. The number of fused-ring (bicyclic) bond motifs is 4. The lowest BCUT2D eigenvalue weighted by Gasteiger charge is -2.20. The van der Waals surface area contributed by atoms with Crippen molar-refractivity contribution in [3.63, 3.8) is 0 Å². The molecule has 0 fully saturated rings. The summed E-state index contributed by atoms with van der Waals surface area (Å²) in [7, 11) is 0. The van der Waals surface area contributed by atoms with E-state index in [1.165, 1.54) is 0 Å². The monoisotopic (exact) mass is 994 g/mol. The van der Waals surface area contributed by atoms with Crippen molar-refractivity contribution in [1.29, 1.82) is 0 Å². The molecule has 0 spiro atoms. The summed E-state index contributed by atoms with van der Waals surface area (Å²) >= 11 is 0. The van der Waals surface area contributed by atoms with Crippen molar-refractivity contribution in [2.24, 2.45) is 11.5 Å². The van der Waals surface area contributed by atoms with Crippen LogP contribution < -0.4 is 31.6 Å². The largest absolute Gasteiger partial charge is 0.493 e. The smallest absolute Gasteiger partial charge is 0.328 e. The van der Waals surface area contributed by atoms with Crippen molar-refractivity contribution < 1.29 is 38.1 Å². The first-order valence-electron chi connectivity index (χ1n) is 25.9. The predicted octanol–water partition coefficient (Wildman–Crippen LogP) is 11.0. The van der Waals surface area contributed by atoms with Crippen LogP contribution in [0.15, 0.2) is 158 Å². The molecule has 8 aromatic carbocycles. The first-order chi connectivity index (χ1) is 36.3. The fourth-order valence-electron chi connectivity index (χ4n) is 9.44. The summed E-state index contributed by atoms with van der Waals surface area (Å²) in [6.07, 6.45) is 4.62. The Morgan fingerprint density at radius 2 is 0.770 bits per heavy atom. The zero-order valence-corrected chi connectivity index (χ0v) is 41.9. The highest BCUT2D eigenvalue weighted by atomic mass is 16.5. The van der Waals surface area contributed by atoms with Crippen molar-refractivity contribution in [2.45, 2.75) is 89.5 Å². The van der Waals surface area contributed by atoms with Gasteiger partial charge in [0.1, 0.15) is 36.8 Å². The normalized spacial score (nSPS) is 12.1. The van der Waals surface area contributed by atoms with Gasteiger partial charge in [-0.2, -0.15) is 0 Å². The third-order valence-electron chi connectivity index (χ3n) is 13.3. The molecule has 12 heteroatoms. The van der Waals surface area contributed by atoms with Crippen molar-refractivity contribution in [3.05, 3.63) is 169 Å². The molecule has 2 atom stereocenters. The summed E-state index contributed by atoms with van der Waals surface area (Å²) < 4.78 is 24.7. The van der Waals surface area contributed by atoms with Crippen LogP contribution in [0.4, 0.5) is 0 Å². The van der Waals surface area contributed by atoms with Gasteiger partial charge in [-0.3, -0.25) is 9.59 Å². The molecule has 0 heterocycles. The fraction of sp³-hybridized carbons (Fsp3) is 0.290. The maximum atomic E-state index is 13.5. The Labute approximate surface area is 432 Å². The molecule has 0 saturated heterocycles. The lowest BCUT2D eigenvalue weighted by Crippen LogP contribution is -2.42. The van der Waals surface area contributed by atoms with Gasteiger partial charge in [-0.1, -0.05) is 146 Å². The van der Waals surface area contributed by atoms with Gasteiger partial charge >= 0.3 is 11.9 Å². The molecule has 0 aliphatic carbocycles. The molecule has 0 bridgehead atoms. The van der Waals surface area contributed by atoms with E-state index in [-0.39, 0.29) is 51.1 Å². The van der Waals surface area contributed by atoms with E-state index in [1.807, 2.05) is 133 Å². The van der Waals surface area contributed by atoms with Gasteiger partial charge in [-0.15, -0.1) is 0 Å². The average molecular weight is 995 g/mol. The van der Waals surface area contributed by atoms with E-state index in [0.717, 1.165) is 78.2 Å². The molecule has 0 aliphatic heterocycles. The number of amides is 2. The van der Waals surface area contributed by atoms with Gasteiger partial charge in [-0.05, 0) is 131 Å². The number of hydrogen-bond donors (Lipinski definition) is 4. The number of ether oxygens (including phenoxy) is 4. The SMILES string of the molecule is NCCCC[C@@H](NC(=O)CCCOc1ccc2ccccc2c1-c1c(OCCCC(=O)N[C@H](CCCCN)C(=O)OCc2cccc3ccccc23)ccc2ccccc12)C(=O)OCc1cccc2ccccc12. The number of unbranched alkanes of at least 4 members (excludes halogenated alkanes) is 2. The van der Waals surface area contributed by atoms with E-state index in [0.29, 0.717) is 63.1 Å². The average Bonchev–Trinajstić information content (AvgIpc) is 3.43. The number of esters is 2. The summed E-state index contributed by atoms with van der Waals surface area (Å²) in [5.74, 6) is -0.270. The molecule has 382 valence electrons. The summed E-state index contributed by atoms with van der Waals surface area (Å²) in [4.78, 5) is 53.8. The molecular weight excluding hydrogens is 929 g/mol. The van der Waals surface area contributed by atoms with Gasteiger partial charge in [0, 0.05) is 24.0 Å². The molecule has 6 N–H and O–H groups in total.